The fourth-order valence-electron chi connectivity index (χ4n) is 4.65. The van der Waals surface area contributed by atoms with Gasteiger partial charge in [0.25, 0.3) is 0 Å². The lowest BCUT2D eigenvalue weighted by Crippen LogP contribution is -2.43. The zero-order valence-corrected chi connectivity index (χ0v) is 20.5. The number of carbonyl (C=O) groups excluding carboxylic acids is 1. The number of amides is 1. The van der Waals surface area contributed by atoms with E-state index in [0.29, 0.717) is 13.1 Å². The summed E-state index contributed by atoms with van der Waals surface area (Å²) in [6.45, 7) is 6.26. The molecule has 180 valence electrons. The molecule has 0 radical (unpaired) electrons. The van der Waals surface area contributed by atoms with Crippen molar-refractivity contribution < 1.29 is 9.53 Å². The van der Waals surface area contributed by atoms with Crippen molar-refractivity contribution in [2.24, 2.45) is 5.92 Å². The van der Waals surface area contributed by atoms with E-state index in [1.807, 2.05) is 35.0 Å². The molecule has 0 bridgehead atoms. The standard InChI is InChI=1S/C28H31N5O2/c1-19-6-9-22(15-20(19)2)25-16-26-27(29-12-14-33(26)31-25)32-13-4-5-23(18-32)28(34)30-17-21-7-10-24(35-3)11-8-21/h6-12,14-16,23H,4-5,13,17-18H2,1-3H3,(H,30,34). The average molecular weight is 470 g/mol. The van der Waals surface area contributed by atoms with Crippen molar-refractivity contribution in [1.29, 1.82) is 0 Å². The quantitative estimate of drug-likeness (QED) is 0.448. The summed E-state index contributed by atoms with van der Waals surface area (Å²) in [6.07, 6.45) is 5.49. The van der Waals surface area contributed by atoms with Crippen LogP contribution in [0.4, 0.5) is 5.82 Å². The molecule has 1 aliphatic heterocycles. The van der Waals surface area contributed by atoms with E-state index >= 15 is 0 Å². The predicted molar refractivity (Wildman–Crippen MR) is 138 cm³/mol. The van der Waals surface area contributed by atoms with Crippen LogP contribution in [0.25, 0.3) is 16.8 Å². The number of fused-ring (bicyclic) bond motifs is 1. The van der Waals surface area contributed by atoms with Gasteiger partial charge in [0.1, 0.15) is 11.3 Å². The molecule has 1 saturated heterocycles. The van der Waals surface area contributed by atoms with Gasteiger partial charge in [-0.3, -0.25) is 4.79 Å². The van der Waals surface area contributed by atoms with E-state index in [2.05, 4.69) is 48.3 Å². The van der Waals surface area contributed by atoms with Crippen molar-refractivity contribution in [1.82, 2.24) is 19.9 Å². The number of hydrogen-bond acceptors (Lipinski definition) is 5. The summed E-state index contributed by atoms with van der Waals surface area (Å²) < 4.78 is 7.09. The molecule has 35 heavy (non-hydrogen) atoms. The minimum atomic E-state index is -0.0776. The van der Waals surface area contributed by atoms with E-state index in [9.17, 15) is 4.79 Å². The van der Waals surface area contributed by atoms with Crippen molar-refractivity contribution in [2.45, 2.75) is 33.2 Å². The molecule has 1 atom stereocenters. The Kier molecular flexibility index (Phi) is 6.40. The minimum absolute atomic E-state index is 0.0776. The van der Waals surface area contributed by atoms with Gasteiger partial charge in [-0.1, -0.05) is 24.3 Å². The Morgan fingerprint density at radius 3 is 2.71 bits per heavy atom. The van der Waals surface area contributed by atoms with Gasteiger partial charge >= 0.3 is 0 Å². The smallest absolute Gasteiger partial charge is 0.225 e. The van der Waals surface area contributed by atoms with Crippen LogP contribution in [0.2, 0.25) is 0 Å². The molecule has 0 aliphatic carbocycles. The fraction of sp³-hybridized carbons (Fsp3) is 0.321. The maximum atomic E-state index is 13.0. The second kappa shape index (κ2) is 9.78. The normalized spacial score (nSPS) is 15.9. The molecule has 7 heteroatoms. The van der Waals surface area contributed by atoms with Crippen molar-refractivity contribution in [3.05, 3.63) is 77.6 Å². The first kappa shape index (κ1) is 22.9. The highest BCUT2D eigenvalue weighted by Gasteiger charge is 2.27. The largest absolute Gasteiger partial charge is 0.497 e. The molecular weight excluding hydrogens is 438 g/mol. The van der Waals surface area contributed by atoms with Gasteiger partial charge in [0.05, 0.1) is 18.7 Å². The third kappa shape index (κ3) is 4.85. The number of benzene rings is 2. The molecule has 2 aromatic carbocycles. The molecule has 0 saturated carbocycles. The van der Waals surface area contributed by atoms with Crippen molar-refractivity contribution in [2.75, 3.05) is 25.1 Å². The van der Waals surface area contributed by atoms with Crippen LogP contribution in [0, 0.1) is 19.8 Å². The molecule has 2 aromatic heterocycles. The number of carbonyl (C=O) groups is 1. The van der Waals surface area contributed by atoms with Crippen molar-refractivity contribution >= 4 is 17.2 Å². The summed E-state index contributed by atoms with van der Waals surface area (Å²) in [5.41, 5.74) is 6.55. The Bertz CT molecular complexity index is 1350. The summed E-state index contributed by atoms with van der Waals surface area (Å²) in [5, 5.41) is 7.91. The second-order valence-corrected chi connectivity index (χ2v) is 9.26. The van der Waals surface area contributed by atoms with E-state index in [-0.39, 0.29) is 11.8 Å². The maximum Gasteiger partial charge on any atom is 0.225 e. The van der Waals surface area contributed by atoms with Gasteiger partial charge in [0.2, 0.25) is 5.91 Å². The number of nitrogens with one attached hydrogen (secondary N) is 1. The van der Waals surface area contributed by atoms with E-state index < -0.39 is 0 Å². The van der Waals surface area contributed by atoms with Crippen LogP contribution >= 0.6 is 0 Å². The predicted octanol–water partition coefficient (Wildman–Crippen LogP) is 4.55. The van der Waals surface area contributed by atoms with Crippen LogP contribution in [0.1, 0.15) is 29.5 Å². The Morgan fingerprint density at radius 1 is 1.11 bits per heavy atom. The van der Waals surface area contributed by atoms with Crippen molar-refractivity contribution in [3.8, 4) is 17.0 Å². The molecule has 4 aromatic rings. The van der Waals surface area contributed by atoms with Gasteiger partial charge in [-0.2, -0.15) is 5.10 Å². The highest BCUT2D eigenvalue weighted by atomic mass is 16.5. The number of aryl methyl sites for hydroxylation is 2. The molecule has 7 nitrogen and oxygen atoms in total. The number of ether oxygens (including phenoxy) is 1. The third-order valence-electron chi connectivity index (χ3n) is 6.89. The van der Waals surface area contributed by atoms with E-state index in [0.717, 1.165) is 53.3 Å². The highest BCUT2D eigenvalue weighted by molar-refractivity contribution is 5.81. The van der Waals surface area contributed by atoms with Crippen molar-refractivity contribution in [3.63, 3.8) is 0 Å². The van der Waals surface area contributed by atoms with E-state index in [1.54, 1.807) is 13.3 Å². The minimum Gasteiger partial charge on any atom is -0.497 e. The lowest BCUT2D eigenvalue weighted by molar-refractivity contribution is -0.125. The van der Waals surface area contributed by atoms with Crippen LogP contribution in [0.15, 0.2) is 60.9 Å². The zero-order chi connectivity index (χ0) is 24.4. The summed E-state index contributed by atoms with van der Waals surface area (Å²) in [5.74, 6) is 1.70. The van der Waals surface area contributed by atoms with Gasteiger partial charge in [-0.05, 0) is 67.6 Å². The number of anilines is 1. The Morgan fingerprint density at radius 2 is 1.94 bits per heavy atom. The summed E-state index contributed by atoms with van der Waals surface area (Å²) >= 11 is 0. The lowest BCUT2D eigenvalue weighted by Gasteiger charge is -2.33. The number of nitrogens with zero attached hydrogens (tertiary/aromatic N) is 4. The van der Waals surface area contributed by atoms with Gasteiger partial charge in [0.15, 0.2) is 5.82 Å². The zero-order valence-electron chi connectivity index (χ0n) is 20.5. The molecule has 5 rings (SSSR count). The summed E-state index contributed by atoms with van der Waals surface area (Å²) in [6, 6.07) is 16.3. The van der Waals surface area contributed by atoms with Gasteiger partial charge < -0.3 is 15.0 Å². The number of hydrogen-bond donors (Lipinski definition) is 1. The van der Waals surface area contributed by atoms with Crippen LogP contribution in [-0.2, 0) is 11.3 Å². The third-order valence-corrected chi connectivity index (χ3v) is 6.89. The van der Waals surface area contributed by atoms with Crippen LogP contribution < -0.4 is 15.0 Å². The van der Waals surface area contributed by atoms with E-state index in [4.69, 9.17) is 14.8 Å². The molecule has 0 spiro atoms. The van der Waals surface area contributed by atoms with Crippen LogP contribution in [0.3, 0.4) is 0 Å². The Hall–Kier alpha value is -3.87. The van der Waals surface area contributed by atoms with Crippen LogP contribution in [0.5, 0.6) is 5.75 Å². The topological polar surface area (TPSA) is 71.8 Å². The first-order valence-electron chi connectivity index (χ1n) is 12.1. The fourth-order valence-corrected chi connectivity index (χ4v) is 4.65. The number of piperidine rings is 1. The first-order valence-corrected chi connectivity index (χ1v) is 12.1. The van der Waals surface area contributed by atoms with Crippen LogP contribution in [-0.4, -0.2) is 40.7 Å². The van der Waals surface area contributed by atoms with Gasteiger partial charge in [-0.15, -0.1) is 0 Å². The number of aromatic nitrogens is 3. The molecule has 3 heterocycles. The average Bonchev–Trinajstić information content (AvgIpc) is 3.34. The molecule has 1 fully saturated rings. The first-order chi connectivity index (χ1) is 17.0. The van der Waals surface area contributed by atoms with Gasteiger partial charge in [-0.25, -0.2) is 9.50 Å². The van der Waals surface area contributed by atoms with Gasteiger partial charge in [0, 0.05) is 37.6 Å². The highest BCUT2D eigenvalue weighted by Crippen LogP contribution is 2.29. The Labute approximate surface area is 205 Å². The second-order valence-electron chi connectivity index (χ2n) is 9.26. The van der Waals surface area contributed by atoms with E-state index in [1.165, 1.54) is 11.1 Å². The summed E-state index contributed by atoms with van der Waals surface area (Å²) in [4.78, 5) is 19.9. The molecule has 1 aliphatic rings. The molecule has 1 unspecified atom stereocenters. The monoisotopic (exact) mass is 469 g/mol. The lowest BCUT2D eigenvalue weighted by atomic mass is 9.97. The number of methoxy groups -OCH3 is 1. The Balaban J connectivity index is 1.31. The molecular formula is C28H31N5O2. The molecule has 1 N–H and O–H groups in total. The summed E-state index contributed by atoms with van der Waals surface area (Å²) in [7, 11) is 1.65. The SMILES string of the molecule is COc1ccc(CNC(=O)C2CCCN(c3nccn4nc(-c5ccc(C)c(C)c5)cc34)C2)cc1. The number of rotatable bonds is 6. The maximum absolute atomic E-state index is 13.0. The molecule has 1 amide bonds.